The summed E-state index contributed by atoms with van der Waals surface area (Å²) in [5.41, 5.74) is 3.51. The monoisotopic (exact) mass is 308 g/mol. The molecule has 0 spiro atoms. The van der Waals surface area contributed by atoms with Crippen molar-refractivity contribution in [3.05, 3.63) is 29.6 Å². The van der Waals surface area contributed by atoms with E-state index in [1.807, 2.05) is 0 Å². The predicted octanol–water partition coefficient (Wildman–Crippen LogP) is 3.54. The van der Waals surface area contributed by atoms with Crippen molar-refractivity contribution in [3.8, 4) is 0 Å². The number of anilines is 1. The molecular weight excluding hydrogens is 292 g/mol. The van der Waals surface area contributed by atoms with Crippen molar-refractivity contribution >= 4 is 11.8 Å². The Balaban J connectivity index is 3.02. The van der Waals surface area contributed by atoms with E-state index in [1.165, 1.54) is 20.8 Å². The largest absolute Gasteiger partial charge is 0.444 e. The molecule has 0 fully saturated rings. The van der Waals surface area contributed by atoms with Gasteiger partial charge < -0.3 is 15.8 Å². The molecule has 1 aromatic rings. The average molecular weight is 308 g/mol. The van der Waals surface area contributed by atoms with Crippen LogP contribution in [0.2, 0.25) is 0 Å². The van der Waals surface area contributed by atoms with E-state index in [-0.39, 0.29) is 5.69 Å². The first-order chi connectivity index (χ1) is 9.40. The Morgan fingerprint density at radius 1 is 1.29 bits per heavy atom. The number of rotatable bonds is 2. The third-order valence-corrected chi connectivity index (χ3v) is 2.35. The van der Waals surface area contributed by atoms with Gasteiger partial charge in [0.25, 0.3) is 0 Å². The normalized spacial score (nSPS) is 13.7. The van der Waals surface area contributed by atoms with E-state index in [0.717, 1.165) is 12.1 Å². The summed E-state index contributed by atoms with van der Waals surface area (Å²) in [7, 11) is 0. The zero-order valence-corrected chi connectivity index (χ0v) is 11.7. The van der Waals surface area contributed by atoms with Crippen LogP contribution in [0.25, 0.3) is 0 Å². The molecule has 0 saturated heterocycles. The lowest BCUT2D eigenvalue weighted by Gasteiger charge is -2.25. The summed E-state index contributed by atoms with van der Waals surface area (Å²) >= 11 is 0. The maximum atomic E-state index is 13.3. The van der Waals surface area contributed by atoms with Crippen molar-refractivity contribution in [2.45, 2.75) is 38.6 Å². The molecule has 1 aromatic carbocycles. The molecule has 118 valence electrons. The summed E-state index contributed by atoms with van der Waals surface area (Å²) in [4.78, 5) is 11.5. The highest BCUT2D eigenvalue weighted by atomic mass is 19.4. The van der Waals surface area contributed by atoms with Crippen LogP contribution >= 0.6 is 0 Å². The fourth-order valence-corrected chi connectivity index (χ4v) is 1.50. The number of alkyl halides is 3. The van der Waals surface area contributed by atoms with Crippen molar-refractivity contribution in [2.75, 3.05) is 5.73 Å². The Bertz CT molecular complexity index is 524. The standard InChI is InChI=1S/C13H16F4N2O2/c1-12(2,3)21-11(20)19-10(13(15,16)17)7-4-5-9(18)8(14)6-7/h4-6,10H,18H2,1-3H3,(H,19,20). The highest BCUT2D eigenvalue weighted by molar-refractivity contribution is 5.68. The van der Waals surface area contributed by atoms with Gasteiger partial charge in [-0.1, -0.05) is 6.07 Å². The smallest absolute Gasteiger partial charge is 0.412 e. The van der Waals surface area contributed by atoms with Gasteiger partial charge in [0.1, 0.15) is 11.4 Å². The quantitative estimate of drug-likeness (QED) is 0.649. The number of hydrogen-bond acceptors (Lipinski definition) is 3. The molecule has 0 aliphatic carbocycles. The second-order valence-electron chi connectivity index (χ2n) is 5.40. The van der Waals surface area contributed by atoms with Crippen LogP contribution in [0.3, 0.4) is 0 Å². The van der Waals surface area contributed by atoms with E-state index in [4.69, 9.17) is 10.5 Å². The minimum Gasteiger partial charge on any atom is -0.444 e. The van der Waals surface area contributed by atoms with Gasteiger partial charge in [-0.3, -0.25) is 0 Å². The van der Waals surface area contributed by atoms with E-state index >= 15 is 0 Å². The zero-order chi connectivity index (χ0) is 16.4. The second kappa shape index (κ2) is 5.79. The molecule has 8 heteroatoms. The lowest BCUT2D eigenvalue weighted by molar-refractivity contribution is -0.157. The second-order valence-corrected chi connectivity index (χ2v) is 5.40. The number of nitrogen functional groups attached to an aromatic ring is 1. The minimum atomic E-state index is -4.81. The average Bonchev–Trinajstić information content (AvgIpc) is 2.26. The summed E-state index contributed by atoms with van der Waals surface area (Å²) in [6, 6.07) is 0.237. The fourth-order valence-electron chi connectivity index (χ4n) is 1.50. The first kappa shape index (κ1) is 17.1. The van der Waals surface area contributed by atoms with E-state index in [9.17, 15) is 22.4 Å². The molecule has 1 amide bonds. The zero-order valence-electron chi connectivity index (χ0n) is 11.7. The maximum absolute atomic E-state index is 13.3. The molecule has 0 saturated carbocycles. The highest BCUT2D eigenvalue weighted by Crippen LogP contribution is 2.33. The van der Waals surface area contributed by atoms with Crippen LogP contribution in [-0.4, -0.2) is 17.9 Å². The minimum absolute atomic E-state index is 0.281. The SMILES string of the molecule is CC(C)(C)OC(=O)NC(c1ccc(N)c(F)c1)C(F)(F)F. The summed E-state index contributed by atoms with van der Waals surface area (Å²) in [5.74, 6) is -0.993. The molecule has 0 aliphatic heterocycles. The summed E-state index contributed by atoms with van der Waals surface area (Å²) in [6.45, 7) is 4.54. The van der Waals surface area contributed by atoms with E-state index in [2.05, 4.69) is 0 Å². The molecule has 4 nitrogen and oxygen atoms in total. The van der Waals surface area contributed by atoms with E-state index in [1.54, 1.807) is 5.32 Å². The van der Waals surface area contributed by atoms with Gasteiger partial charge in [0.15, 0.2) is 6.04 Å². The fraction of sp³-hybridized carbons (Fsp3) is 0.462. The van der Waals surface area contributed by atoms with Gasteiger partial charge in [-0.25, -0.2) is 9.18 Å². The van der Waals surface area contributed by atoms with Crippen molar-refractivity contribution in [1.29, 1.82) is 0 Å². The van der Waals surface area contributed by atoms with E-state index < -0.39 is 35.3 Å². The maximum Gasteiger partial charge on any atom is 0.412 e. The molecule has 21 heavy (non-hydrogen) atoms. The molecule has 1 rings (SSSR count). The van der Waals surface area contributed by atoms with Crippen LogP contribution in [0.15, 0.2) is 18.2 Å². The van der Waals surface area contributed by atoms with Gasteiger partial charge in [0, 0.05) is 0 Å². The lowest BCUT2D eigenvalue weighted by Crippen LogP contribution is -2.41. The first-order valence-corrected chi connectivity index (χ1v) is 6.01. The molecule has 0 aliphatic rings. The molecule has 3 N–H and O–H groups in total. The lowest BCUT2D eigenvalue weighted by atomic mass is 10.1. The number of carbonyl (C=O) groups excluding carboxylic acids is 1. The van der Waals surface area contributed by atoms with Crippen LogP contribution in [-0.2, 0) is 4.74 Å². The number of ether oxygens (including phenoxy) is 1. The van der Waals surface area contributed by atoms with Crippen LogP contribution in [0.5, 0.6) is 0 Å². The Hall–Kier alpha value is -1.99. The Kier molecular flexibility index (Phi) is 4.70. The van der Waals surface area contributed by atoms with Crippen molar-refractivity contribution in [1.82, 2.24) is 5.32 Å². The third-order valence-electron chi connectivity index (χ3n) is 2.35. The van der Waals surface area contributed by atoms with Gasteiger partial charge in [0.05, 0.1) is 5.69 Å². The molecule has 0 bridgehead atoms. The van der Waals surface area contributed by atoms with Crippen molar-refractivity contribution in [3.63, 3.8) is 0 Å². The predicted molar refractivity (Wildman–Crippen MR) is 69.0 cm³/mol. The summed E-state index contributed by atoms with van der Waals surface area (Å²) in [6.07, 6.45) is -6.05. The molecule has 0 radical (unpaired) electrons. The summed E-state index contributed by atoms with van der Waals surface area (Å²) in [5, 5.41) is 1.68. The summed E-state index contributed by atoms with van der Waals surface area (Å²) < 4.78 is 57.1. The number of hydrogen-bond donors (Lipinski definition) is 2. The number of amides is 1. The Morgan fingerprint density at radius 3 is 2.29 bits per heavy atom. The third kappa shape index (κ3) is 5.13. The molecular formula is C13H16F4N2O2. The van der Waals surface area contributed by atoms with Crippen LogP contribution in [0, 0.1) is 5.82 Å². The van der Waals surface area contributed by atoms with Gasteiger partial charge in [-0.15, -0.1) is 0 Å². The van der Waals surface area contributed by atoms with Crippen molar-refractivity contribution in [2.24, 2.45) is 0 Å². The Morgan fingerprint density at radius 2 is 1.86 bits per heavy atom. The van der Waals surface area contributed by atoms with Crippen molar-refractivity contribution < 1.29 is 27.1 Å². The Labute approximate surface area is 119 Å². The van der Waals surface area contributed by atoms with Crippen LogP contribution < -0.4 is 11.1 Å². The van der Waals surface area contributed by atoms with E-state index in [0.29, 0.717) is 6.07 Å². The van der Waals surface area contributed by atoms with Crippen LogP contribution in [0.4, 0.5) is 28.0 Å². The molecule has 0 heterocycles. The highest BCUT2D eigenvalue weighted by Gasteiger charge is 2.42. The van der Waals surface area contributed by atoms with Crippen LogP contribution in [0.1, 0.15) is 32.4 Å². The molecule has 1 unspecified atom stereocenters. The number of alkyl carbamates (subject to hydrolysis) is 1. The number of nitrogens with one attached hydrogen (secondary N) is 1. The number of nitrogens with two attached hydrogens (primary N) is 1. The number of carbonyl (C=O) groups is 1. The van der Waals surface area contributed by atoms with Gasteiger partial charge in [0.2, 0.25) is 0 Å². The number of benzene rings is 1. The molecule has 1 atom stereocenters. The molecule has 0 aromatic heterocycles. The van der Waals surface area contributed by atoms with Gasteiger partial charge in [-0.05, 0) is 38.5 Å². The van der Waals surface area contributed by atoms with Gasteiger partial charge in [-0.2, -0.15) is 13.2 Å². The van der Waals surface area contributed by atoms with Gasteiger partial charge >= 0.3 is 12.3 Å². The topological polar surface area (TPSA) is 64.3 Å². The first-order valence-electron chi connectivity index (χ1n) is 6.01. The number of halogens is 4.